The van der Waals surface area contributed by atoms with Crippen LogP contribution in [0.25, 0.3) is 5.70 Å². The van der Waals surface area contributed by atoms with Crippen LogP contribution < -0.4 is 10.6 Å². The molecule has 60 valence electrons. The molecule has 0 saturated heterocycles. The Balaban J connectivity index is 2.26. The highest BCUT2D eigenvalue weighted by atomic mass is 15.0. The van der Waals surface area contributed by atoms with Gasteiger partial charge in [-0.25, -0.2) is 0 Å². The zero-order valence-electron chi connectivity index (χ0n) is 6.36. The van der Waals surface area contributed by atoms with Crippen molar-refractivity contribution in [3.63, 3.8) is 0 Å². The van der Waals surface area contributed by atoms with Gasteiger partial charge in [-0.15, -0.1) is 0 Å². The Morgan fingerprint density at radius 3 is 2.83 bits per heavy atom. The van der Waals surface area contributed by atoms with Gasteiger partial charge in [0.25, 0.3) is 0 Å². The standard InChI is InChI=1S/C8H8N4/c1-3-11-7(5-9-1)8-6-10-2-4-12-8/h1-6,9,11H. The second kappa shape index (κ2) is 3.04. The molecule has 0 amide bonds. The molecule has 0 saturated carbocycles. The van der Waals surface area contributed by atoms with Crippen LogP contribution in [0.5, 0.6) is 0 Å². The van der Waals surface area contributed by atoms with E-state index in [4.69, 9.17) is 0 Å². The molecule has 1 aliphatic rings. The summed E-state index contributed by atoms with van der Waals surface area (Å²) >= 11 is 0. The Morgan fingerprint density at radius 2 is 2.17 bits per heavy atom. The monoisotopic (exact) mass is 160 g/mol. The number of nitrogens with zero attached hydrogens (tertiary/aromatic N) is 2. The fourth-order valence-electron chi connectivity index (χ4n) is 0.939. The van der Waals surface area contributed by atoms with Gasteiger partial charge in [0.15, 0.2) is 0 Å². The highest BCUT2D eigenvalue weighted by molar-refractivity contribution is 5.61. The molecule has 1 aromatic heterocycles. The number of hydrogen-bond donors (Lipinski definition) is 2. The van der Waals surface area contributed by atoms with Crippen LogP contribution in [0.2, 0.25) is 0 Å². The summed E-state index contributed by atoms with van der Waals surface area (Å²) in [6.45, 7) is 0. The van der Waals surface area contributed by atoms with E-state index in [9.17, 15) is 0 Å². The predicted octanol–water partition coefficient (Wildman–Crippen LogP) is 0.439. The normalized spacial score (nSPS) is 14.5. The van der Waals surface area contributed by atoms with Crippen molar-refractivity contribution < 1.29 is 0 Å². The van der Waals surface area contributed by atoms with Crippen molar-refractivity contribution in [1.82, 2.24) is 20.6 Å². The Kier molecular flexibility index (Phi) is 1.74. The summed E-state index contributed by atoms with van der Waals surface area (Å²) in [5.41, 5.74) is 1.75. The minimum Gasteiger partial charge on any atom is -0.365 e. The summed E-state index contributed by atoms with van der Waals surface area (Å²) in [5.74, 6) is 0. The first-order chi connectivity index (χ1) is 5.97. The van der Waals surface area contributed by atoms with Gasteiger partial charge in [-0.1, -0.05) is 0 Å². The summed E-state index contributed by atoms with van der Waals surface area (Å²) in [6, 6.07) is 0. The second-order valence-electron chi connectivity index (χ2n) is 2.29. The molecule has 4 nitrogen and oxygen atoms in total. The zero-order valence-corrected chi connectivity index (χ0v) is 6.36. The molecule has 2 rings (SSSR count). The van der Waals surface area contributed by atoms with Crippen molar-refractivity contribution in [3.05, 3.63) is 42.9 Å². The Morgan fingerprint density at radius 1 is 1.17 bits per heavy atom. The molecule has 0 radical (unpaired) electrons. The minimum atomic E-state index is 0.828. The van der Waals surface area contributed by atoms with Crippen LogP contribution in [0, 0.1) is 0 Å². The van der Waals surface area contributed by atoms with Crippen LogP contribution in [0.15, 0.2) is 37.2 Å². The third-order valence-electron chi connectivity index (χ3n) is 1.49. The molecule has 0 atom stereocenters. The molecule has 1 aromatic rings. The molecule has 2 heterocycles. The zero-order chi connectivity index (χ0) is 8.23. The maximum absolute atomic E-state index is 4.14. The van der Waals surface area contributed by atoms with Crippen molar-refractivity contribution in [1.29, 1.82) is 0 Å². The summed E-state index contributed by atoms with van der Waals surface area (Å²) in [4.78, 5) is 8.10. The fourth-order valence-corrected chi connectivity index (χ4v) is 0.939. The third kappa shape index (κ3) is 1.27. The van der Waals surface area contributed by atoms with Gasteiger partial charge in [0.1, 0.15) is 5.69 Å². The third-order valence-corrected chi connectivity index (χ3v) is 1.49. The molecule has 0 spiro atoms. The summed E-state index contributed by atoms with van der Waals surface area (Å²) < 4.78 is 0. The Bertz CT molecular complexity index is 315. The van der Waals surface area contributed by atoms with E-state index in [-0.39, 0.29) is 0 Å². The topological polar surface area (TPSA) is 49.8 Å². The van der Waals surface area contributed by atoms with E-state index in [1.54, 1.807) is 24.8 Å². The van der Waals surface area contributed by atoms with Crippen LogP contribution in [-0.2, 0) is 0 Å². The predicted molar refractivity (Wildman–Crippen MR) is 45.4 cm³/mol. The van der Waals surface area contributed by atoms with Gasteiger partial charge in [-0.05, 0) is 0 Å². The van der Waals surface area contributed by atoms with Crippen LogP contribution >= 0.6 is 0 Å². The van der Waals surface area contributed by atoms with Gasteiger partial charge in [0.05, 0.1) is 11.9 Å². The molecule has 0 aliphatic carbocycles. The van der Waals surface area contributed by atoms with Crippen molar-refractivity contribution in [2.75, 3.05) is 0 Å². The molecule has 0 unspecified atom stereocenters. The second-order valence-corrected chi connectivity index (χ2v) is 2.29. The highest BCUT2D eigenvalue weighted by Gasteiger charge is 2.01. The van der Waals surface area contributed by atoms with E-state index in [1.807, 2.05) is 12.4 Å². The smallest absolute Gasteiger partial charge is 0.106 e. The van der Waals surface area contributed by atoms with Crippen LogP contribution in [0.4, 0.5) is 0 Å². The molecule has 0 bridgehead atoms. The molecular weight excluding hydrogens is 152 g/mol. The molecule has 0 aromatic carbocycles. The fraction of sp³-hybridized carbons (Fsp3) is 0. The molecule has 4 heteroatoms. The van der Waals surface area contributed by atoms with Gasteiger partial charge in [-0.2, -0.15) is 0 Å². The first-order valence-electron chi connectivity index (χ1n) is 3.61. The highest BCUT2D eigenvalue weighted by Crippen LogP contribution is 2.06. The lowest BCUT2D eigenvalue weighted by Crippen LogP contribution is -2.14. The van der Waals surface area contributed by atoms with E-state index in [0.29, 0.717) is 0 Å². The maximum Gasteiger partial charge on any atom is 0.106 e. The Hall–Kier alpha value is -1.84. The van der Waals surface area contributed by atoms with Gasteiger partial charge in [-0.3, -0.25) is 9.97 Å². The van der Waals surface area contributed by atoms with Crippen LogP contribution in [0.1, 0.15) is 5.69 Å². The lowest BCUT2D eigenvalue weighted by molar-refractivity contribution is 1.03. The molecule has 1 aliphatic heterocycles. The minimum absolute atomic E-state index is 0.828. The van der Waals surface area contributed by atoms with E-state index in [1.165, 1.54) is 0 Å². The number of rotatable bonds is 1. The Labute approximate surface area is 70.0 Å². The molecular formula is C8H8N4. The molecule has 2 N–H and O–H groups in total. The lowest BCUT2D eigenvalue weighted by atomic mass is 10.3. The summed E-state index contributed by atoms with van der Waals surface area (Å²) in [5, 5.41) is 6.01. The number of aromatic nitrogens is 2. The number of nitrogens with one attached hydrogen (secondary N) is 2. The molecule has 0 fully saturated rings. The van der Waals surface area contributed by atoms with Crippen LogP contribution in [0.3, 0.4) is 0 Å². The summed E-state index contributed by atoms with van der Waals surface area (Å²) in [7, 11) is 0. The first kappa shape index (κ1) is 6.84. The van der Waals surface area contributed by atoms with Crippen LogP contribution in [-0.4, -0.2) is 9.97 Å². The van der Waals surface area contributed by atoms with Gasteiger partial charge in [0.2, 0.25) is 0 Å². The molecule has 12 heavy (non-hydrogen) atoms. The van der Waals surface area contributed by atoms with Gasteiger partial charge >= 0.3 is 0 Å². The SMILES string of the molecule is C1=CNC(c2cnccn2)=CN1. The average molecular weight is 160 g/mol. The van der Waals surface area contributed by atoms with Crippen molar-refractivity contribution in [2.24, 2.45) is 0 Å². The average Bonchev–Trinajstić information content (AvgIpc) is 2.21. The summed E-state index contributed by atoms with van der Waals surface area (Å²) in [6.07, 6.45) is 10.5. The van der Waals surface area contributed by atoms with Gasteiger partial charge in [0, 0.05) is 31.0 Å². The van der Waals surface area contributed by atoms with Crippen molar-refractivity contribution >= 4 is 5.70 Å². The van der Waals surface area contributed by atoms with E-state index < -0.39 is 0 Å². The number of hydrogen-bond acceptors (Lipinski definition) is 4. The quantitative estimate of drug-likeness (QED) is 0.625. The lowest BCUT2D eigenvalue weighted by Gasteiger charge is -2.09. The van der Waals surface area contributed by atoms with Gasteiger partial charge < -0.3 is 10.6 Å². The maximum atomic E-state index is 4.14. The van der Waals surface area contributed by atoms with Crippen molar-refractivity contribution in [3.8, 4) is 0 Å². The largest absolute Gasteiger partial charge is 0.365 e. The van der Waals surface area contributed by atoms with E-state index in [2.05, 4.69) is 20.6 Å². The van der Waals surface area contributed by atoms with E-state index in [0.717, 1.165) is 11.4 Å². The first-order valence-corrected chi connectivity index (χ1v) is 3.61. The van der Waals surface area contributed by atoms with Crippen molar-refractivity contribution in [2.45, 2.75) is 0 Å². The van der Waals surface area contributed by atoms with E-state index >= 15 is 0 Å².